The molecule has 0 atom stereocenters. The van der Waals surface area contributed by atoms with E-state index in [9.17, 15) is 0 Å². The third kappa shape index (κ3) is 2.59. The molecular formula is C9H8BrN3S. The molecule has 72 valence electrons. The molecule has 14 heavy (non-hydrogen) atoms. The van der Waals surface area contributed by atoms with Crippen molar-refractivity contribution < 1.29 is 0 Å². The fraction of sp³-hybridized carbons (Fsp3) is 0.222. The van der Waals surface area contributed by atoms with E-state index in [1.807, 2.05) is 12.3 Å². The van der Waals surface area contributed by atoms with Crippen molar-refractivity contribution in [1.82, 2.24) is 14.3 Å². The Morgan fingerprint density at radius 1 is 1.36 bits per heavy atom. The summed E-state index contributed by atoms with van der Waals surface area (Å²) in [6, 6.07) is 4.02. The van der Waals surface area contributed by atoms with Crippen molar-refractivity contribution in [2.24, 2.45) is 0 Å². The summed E-state index contributed by atoms with van der Waals surface area (Å²) < 4.78 is 4.74. The van der Waals surface area contributed by atoms with Gasteiger partial charge in [0.2, 0.25) is 4.73 Å². The Morgan fingerprint density at radius 3 is 2.93 bits per heavy atom. The lowest BCUT2D eigenvalue weighted by Crippen LogP contribution is -1.90. The van der Waals surface area contributed by atoms with Crippen LogP contribution >= 0.6 is 27.5 Å². The first kappa shape index (κ1) is 9.73. The predicted molar refractivity (Wildman–Crippen MR) is 59.3 cm³/mol. The molecule has 3 nitrogen and oxygen atoms in total. The van der Waals surface area contributed by atoms with Gasteiger partial charge in [-0.2, -0.15) is 4.37 Å². The monoisotopic (exact) mass is 269 g/mol. The average Bonchev–Trinajstić information content (AvgIpc) is 2.63. The van der Waals surface area contributed by atoms with E-state index in [0.717, 1.165) is 17.8 Å². The molecular weight excluding hydrogens is 262 g/mol. The number of aromatic nitrogens is 3. The van der Waals surface area contributed by atoms with Crippen LogP contribution in [0.25, 0.3) is 0 Å². The van der Waals surface area contributed by atoms with Crippen molar-refractivity contribution in [3.8, 4) is 0 Å². The molecule has 0 aliphatic heterocycles. The molecule has 0 aromatic carbocycles. The molecule has 0 aliphatic carbocycles. The number of rotatable bonds is 3. The lowest BCUT2D eigenvalue weighted by atomic mass is 10.2. The molecule has 0 radical (unpaired) electrons. The molecule has 0 spiro atoms. The van der Waals surface area contributed by atoms with Crippen molar-refractivity contribution in [3.63, 3.8) is 0 Å². The zero-order valence-corrected chi connectivity index (χ0v) is 9.75. The first-order valence-electron chi connectivity index (χ1n) is 4.21. The van der Waals surface area contributed by atoms with Gasteiger partial charge < -0.3 is 0 Å². The van der Waals surface area contributed by atoms with E-state index in [4.69, 9.17) is 0 Å². The summed E-state index contributed by atoms with van der Waals surface area (Å²) >= 11 is 4.67. The molecule has 2 aromatic heterocycles. The zero-order valence-electron chi connectivity index (χ0n) is 7.35. The van der Waals surface area contributed by atoms with Gasteiger partial charge in [-0.05, 0) is 45.5 Å². The van der Waals surface area contributed by atoms with E-state index in [2.05, 4.69) is 36.3 Å². The molecule has 0 saturated heterocycles. The van der Waals surface area contributed by atoms with Crippen molar-refractivity contribution in [3.05, 3.63) is 39.8 Å². The van der Waals surface area contributed by atoms with Gasteiger partial charge >= 0.3 is 0 Å². The van der Waals surface area contributed by atoms with Crippen LogP contribution in [0.4, 0.5) is 0 Å². The van der Waals surface area contributed by atoms with Crippen molar-refractivity contribution >= 4 is 27.5 Å². The van der Waals surface area contributed by atoms with Gasteiger partial charge in [0.15, 0.2) is 0 Å². The fourth-order valence-corrected chi connectivity index (χ4v) is 2.22. The second-order valence-corrected chi connectivity index (χ2v) is 4.36. The third-order valence-electron chi connectivity index (χ3n) is 1.79. The number of nitrogens with zero attached hydrogens (tertiary/aromatic N) is 3. The van der Waals surface area contributed by atoms with Gasteiger partial charge in [-0.25, -0.2) is 4.98 Å². The van der Waals surface area contributed by atoms with Gasteiger partial charge in [0.05, 0.1) is 0 Å². The summed E-state index contributed by atoms with van der Waals surface area (Å²) in [4.78, 5) is 8.29. The molecule has 5 heteroatoms. The minimum Gasteiger partial charge on any atom is -0.264 e. The summed E-state index contributed by atoms with van der Waals surface area (Å²) in [5, 5.41) is 1.06. The van der Waals surface area contributed by atoms with Crippen LogP contribution in [-0.4, -0.2) is 14.3 Å². The summed E-state index contributed by atoms with van der Waals surface area (Å²) in [7, 11) is 0. The first-order valence-corrected chi connectivity index (χ1v) is 5.78. The Balaban J connectivity index is 1.95. The van der Waals surface area contributed by atoms with Gasteiger partial charge in [0, 0.05) is 18.8 Å². The Bertz CT molecular complexity index is 401. The molecule has 0 unspecified atom stereocenters. The molecule has 0 amide bonds. The lowest BCUT2D eigenvalue weighted by molar-refractivity contribution is 0.930. The van der Waals surface area contributed by atoms with E-state index in [-0.39, 0.29) is 0 Å². The van der Waals surface area contributed by atoms with Crippen LogP contribution in [0.3, 0.4) is 0 Å². The minimum atomic E-state index is 0.684. The Labute approximate surface area is 94.5 Å². The Hall–Kier alpha value is -0.810. The molecule has 2 rings (SSSR count). The normalized spacial score (nSPS) is 10.4. The Kier molecular flexibility index (Phi) is 3.21. The molecule has 0 aliphatic rings. The van der Waals surface area contributed by atoms with Gasteiger partial charge in [-0.1, -0.05) is 6.07 Å². The van der Waals surface area contributed by atoms with E-state index in [0.29, 0.717) is 4.73 Å². The van der Waals surface area contributed by atoms with E-state index >= 15 is 0 Å². The summed E-state index contributed by atoms with van der Waals surface area (Å²) in [6.45, 7) is 0. The summed E-state index contributed by atoms with van der Waals surface area (Å²) in [6.07, 6.45) is 5.56. The van der Waals surface area contributed by atoms with Crippen molar-refractivity contribution in [2.75, 3.05) is 0 Å². The number of halogens is 1. The first-order chi connectivity index (χ1) is 6.84. The molecule has 2 aromatic rings. The van der Waals surface area contributed by atoms with E-state index in [1.165, 1.54) is 17.1 Å². The number of aryl methyl sites for hydroxylation is 2. The van der Waals surface area contributed by atoms with Crippen LogP contribution in [0.1, 0.15) is 10.6 Å². The highest BCUT2D eigenvalue weighted by Gasteiger charge is 2.01. The van der Waals surface area contributed by atoms with Crippen molar-refractivity contribution in [2.45, 2.75) is 12.8 Å². The number of hydrogen-bond donors (Lipinski definition) is 0. The Morgan fingerprint density at radius 2 is 2.29 bits per heavy atom. The predicted octanol–water partition coefficient (Wildman–Crippen LogP) is 2.48. The van der Waals surface area contributed by atoms with Crippen LogP contribution < -0.4 is 0 Å². The van der Waals surface area contributed by atoms with Gasteiger partial charge in [-0.15, -0.1) is 0 Å². The smallest absolute Gasteiger partial charge is 0.209 e. The van der Waals surface area contributed by atoms with Crippen LogP contribution in [0.2, 0.25) is 0 Å². The quantitative estimate of drug-likeness (QED) is 0.860. The van der Waals surface area contributed by atoms with Crippen LogP contribution in [0.5, 0.6) is 0 Å². The highest BCUT2D eigenvalue weighted by Crippen LogP contribution is 2.12. The minimum absolute atomic E-state index is 0.684. The molecule has 0 fully saturated rings. The second kappa shape index (κ2) is 4.61. The van der Waals surface area contributed by atoms with Gasteiger partial charge in [0.1, 0.15) is 5.01 Å². The van der Waals surface area contributed by atoms with Crippen LogP contribution in [0, 0.1) is 0 Å². The second-order valence-electron chi connectivity index (χ2n) is 2.82. The molecule has 2 heterocycles. The van der Waals surface area contributed by atoms with Crippen molar-refractivity contribution in [1.29, 1.82) is 0 Å². The lowest BCUT2D eigenvalue weighted by Gasteiger charge is -1.96. The van der Waals surface area contributed by atoms with Crippen LogP contribution in [-0.2, 0) is 12.8 Å². The SMILES string of the molecule is Brc1nsc(CCc2cccnc2)n1. The van der Waals surface area contributed by atoms with E-state index < -0.39 is 0 Å². The largest absolute Gasteiger partial charge is 0.264 e. The zero-order chi connectivity index (χ0) is 9.80. The van der Waals surface area contributed by atoms with Gasteiger partial charge in [0.25, 0.3) is 0 Å². The number of hydrogen-bond acceptors (Lipinski definition) is 4. The molecule has 0 saturated carbocycles. The summed E-state index contributed by atoms with van der Waals surface area (Å²) in [5.74, 6) is 0. The maximum absolute atomic E-state index is 4.23. The third-order valence-corrected chi connectivity index (χ3v) is 3.15. The molecule has 0 N–H and O–H groups in total. The van der Waals surface area contributed by atoms with Crippen LogP contribution in [0.15, 0.2) is 29.3 Å². The summed E-state index contributed by atoms with van der Waals surface area (Å²) in [5.41, 5.74) is 1.24. The number of pyridine rings is 1. The maximum atomic E-state index is 4.23. The standard InChI is InChI=1S/C9H8BrN3S/c10-9-12-8(14-13-9)4-3-7-2-1-5-11-6-7/h1-2,5-6H,3-4H2. The fourth-order valence-electron chi connectivity index (χ4n) is 1.13. The highest BCUT2D eigenvalue weighted by atomic mass is 79.9. The van der Waals surface area contributed by atoms with E-state index in [1.54, 1.807) is 6.20 Å². The maximum Gasteiger partial charge on any atom is 0.209 e. The highest BCUT2D eigenvalue weighted by molar-refractivity contribution is 9.10. The average molecular weight is 270 g/mol. The topological polar surface area (TPSA) is 38.7 Å². The van der Waals surface area contributed by atoms with Gasteiger partial charge in [-0.3, -0.25) is 4.98 Å². The molecule has 0 bridgehead atoms.